The highest BCUT2D eigenvalue weighted by atomic mass is 32.2. The zero-order valence-corrected chi connectivity index (χ0v) is 23.1. The quantitative estimate of drug-likeness (QED) is 0.554. The van der Waals surface area contributed by atoms with Crippen LogP contribution in [-0.4, -0.2) is 71.8 Å². The van der Waals surface area contributed by atoms with Gasteiger partial charge in [-0.25, -0.2) is 13.4 Å². The molecule has 1 aliphatic carbocycles. The van der Waals surface area contributed by atoms with Gasteiger partial charge in [-0.1, -0.05) is 12.1 Å². The minimum Gasteiger partial charge on any atom is -0.334 e. The van der Waals surface area contributed by atoms with Crippen LogP contribution in [0.15, 0.2) is 35.4 Å². The van der Waals surface area contributed by atoms with Crippen molar-refractivity contribution >= 4 is 9.84 Å². The van der Waals surface area contributed by atoms with E-state index in [1.165, 1.54) is 89.5 Å². The fourth-order valence-corrected chi connectivity index (χ4v) is 8.69. The average Bonchev–Trinajstić information content (AvgIpc) is 3.57. The number of nitrogens with zero attached hydrogens (tertiary/aromatic N) is 4. The lowest BCUT2D eigenvalue weighted by Crippen LogP contribution is -2.53. The van der Waals surface area contributed by atoms with Crippen molar-refractivity contribution in [2.45, 2.75) is 93.8 Å². The van der Waals surface area contributed by atoms with E-state index in [4.69, 9.17) is 4.98 Å². The summed E-state index contributed by atoms with van der Waals surface area (Å²) in [7, 11) is -3.17. The number of sulfone groups is 1. The van der Waals surface area contributed by atoms with Crippen LogP contribution in [0.25, 0.3) is 11.3 Å². The van der Waals surface area contributed by atoms with E-state index in [2.05, 4.69) is 20.6 Å². The molecule has 0 spiro atoms. The molecule has 37 heavy (non-hydrogen) atoms. The van der Waals surface area contributed by atoms with Gasteiger partial charge in [0, 0.05) is 55.7 Å². The third-order valence-corrected chi connectivity index (χ3v) is 11.5. The topological polar surface area (TPSA) is 58.4 Å². The standard InChI is InChI=1S/C30H42N4O2S/c1-37(35,36)28-9-4-23(5-10-28)29-20-33-19-24(6-11-30(33)31-29)22-12-14-32(15-13-22)27-16-25-7-8-26(17-27)34(25)18-21-2-3-21/h4-5,9-10,20-22,24-27H,2-3,6-8,11-19H2,1H3/t24-,25?,26?,27?/m0/s1. The molecule has 3 atom stereocenters. The molecule has 0 radical (unpaired) electrons. The predicted molar refractivity (Wildman–Crippen MR) is 146 cm³/mol. The van der Waals surface area contributed by atoms with E-state index in [0.29, 0.717) is 4.90 Å². The number of likely N-dealkylation sites (tertiary alicyclic amines) is 1. The molecule has 2 unspecified atom stereocenters. The van der Waals surface area contributed by atoms with Crippen molar-refractivity contribution in [3.63, 3.8) is 0 Å². The Kier molecular flexibility index (Phi) is 6.25. The molecule has 5 heterocycles. The second kappa shape index (κ2) is 9.49. The van der Waals surface area contributed by atoms with E-state index in [9.17, 15) is 8.42 Å². The van der Waals surface area contributed by atoms with Gasteiger partial charge in [0.2, 0.25) is 0 Å². The Labute approximate surface area is 222 Å². The number of aryl methyl sites for hydroxylation is 1. The summed E-state index contributed by atoms with van der Waals surface area (Å²) < 4.78 is 26.0. The summed E-state index contributed by atoms with van der Waals surface area (Å²) in [5.74, 6) is 3.79. The second-order valence-electron chi connectivity index (χ2n) is 12.8. The minimum absolute atomic E-state index is 0.364. The molecule has 7 rings (SSSR count). The van der Waals surface area contributed by atoms with Crippen molar-refractivity contribution in [1.82, 2.24) is 19.4 Å². The first kappa shape index (κ1) is 24.3. The molecule has 2 aromatic rings. The lowest BCUT2D eigenvalue weighted by atomic mass is 9.79. The van der Waals surface area contributed by atoms with E-state index in [1.54, 1.807) is 12.1 Å². The van der Waals surface area contributed by atoms with Crippen LogP contribution in [0.2, 0.25) is 0 Å². The first-order chi connectivity index (χ1) is 17.9. The molecule has 4 fully saturated rings. The highest BCUT2D eigenvalue weighted by Gasteiger charge is 2.44. The van der Waals surface area contributed by atoms with Gasteiger partial charge >= 0.3 is 0 Å². The Bertz CT molecular complexity index is 1210. The van der Waals surface area contributed by atoms with Crippen molar-refractivity contribution in [1.29, 1.82) is 0 Å². The van der Waals surface area contributed by atoms with E-state index in [0.717, 1.165) is 60.1 Å². The summed E-state index contributed by atoms with van der Waals surface area (Å²) >= 11 is 0. The molecular formula is C30H42N4O2S. The maximum Gasteiger partial charge on any atom is 0.175 e. The molecule has 6 nitrogen and oxygen atoms in total. The predicted octanol–water partition coefficient (Wildman–Crippen LogP) is 4.63. The van der Waals surface area contributed by atoms with Gasteiger partial charge in [0.1, 0.15) is 5.82 Å². The van der Waals surface area contributed by atoms with E-state index < -0.39 is 9.84 Å². The van der Waals surface area contributed by atoms with Gasteiger partial charge in [-0.2, -0.15) is 0 Å². The highest BCUT2D eigenvalue weighted by Crippen LogP contribution is 2.42. The molecule has 0 amide bonds. The zero-order valence-electron chi connectivity index (χ0n) is 22.3. The average molecular weight is 523 g/mol. The molecule has 1 saturated carbocycles. The fraction of sp³-hybridized carbons (Fsp3) is 0.700. The summed E-state index contributed by atoms with van der Waals surface area (Å²) in [6.45, 7) is 5.07. The highest BCUT2D eigenvalue weighted by molar-refractivity contribution is 7.90. The summed E-state index contributed by atoms with van der Waals surface area (Å²) in [6, 6.07) is 9.75. The fourth-order valence-electron chi connectivity index (χ4n) is 8.06. The Morgan fingerprint density at radius 1 is 0.865 bits per heavy atom. The van der Waals surface area contributed by atoms with Crippen molar-refractivity contribution in [3.8, 4) is 11.3 Å². The molecule has 3 saturated heterocycles. The van der Waals surface area contributed by atoms with Crippen LogP contribution in [-0.2, 0) is 22.8 Å². The number of hydrogen-bond donors (Lipinski definition) is 0. The smallest absolute Gasteiger partial charge is 0.175 e. The Morgan fingerprint density at radius 3 is 2.22 bits per heavy atom. The summed E-state index contributed by atoms with van der Waals surface area (Å²) in [5, 5.41) is 0. The maximum atomic E-state index is 11.8. The Morgan fingerprint density at radius 2 is 1.57 bits per heavy atom. The van der Waals surface area contributed by atoms with Crippen LogP contribution in [0.5, 0.6) is 0 Å². The lowest BCUT2D eigenvalue weighted by Gasteiger charge is -2.46. The summed E-state index contributed by atoms with van der Waals surface area (Å²) in [4.78, 5) is 11.1. The molecule has 1 aromatic carbocycles. The van der Waals surface area contributed by atoms with Crippen LogP contribution in [0, 0.1) is 17.8 Å². The van der Waals surface area contributed by atoms with Gasteiger partial charge in [-0.3, -0.25) is 4.90 Å². The molecule has 7 heteroatoms. The molecule has 4 aliphatic heterocycles. The van der Waals surface area contributed by atoms with E-state index >= 15 is 0 Å². The Balaban J connectivity index is 0.947. The number of rotatable bonds is 6. The van der Waals surface area contributed by atoms with E-state index in [1.807, 2.05) is 12.1 Å². The van der Waals surface area contributed by atoms with Crippen molar-refractivity contribution in [3.05, 3.63) is 36.3 Å². The number of hydrogen-bond acceptors (Lipinski definition) is 5. The Hall–Kier alpha value is -1.70. The first-order valence-corrected chi connectivity index (χ1v) is 16.7. The zero-order chi connectivity index (χ0) is 25.1. The van der Waals surface area contributed by atoms with Crippen LogP contribution in [0.4, 0.5) is 0 Å². The van der Waals surface area contributed by atoms with Gasteiger partial charge in [0.25, 0.3) is 0 Å². The molecule has 2 bridgehead atoms. The largest absolute Gasteiger partial charge is 0.334 e. The molecule has 1 aromatic heterocycles. The van der Waals surface area contributed by atoms with E-state index in [-0.39, 0.29) is 0 Å². The number of aromatic nitrogens is 2. The first-order valence-electron chi connectivity index (χ1n) is 14.8. The normalized spacial score (nSPS) is 31.5. The minimum atomic E-state index is -3.17. The molecule has 5 aliphatic rings. The summed E-state index contributed by atoms with van der Waals surface area (Å²) in [6.07, 6.45) is 17.1. The SMILES string of the molecule is CS(=O)(=O)c1ccc(-c2cn3c(n2)CC[C@H](C2CCN(C4CC5CCC(C4)N5CC4CC4)CC2)C3)cc1. The van der Waals surface area contributed by atoms with Crippen LogP contribution in [0.1, 0.15) is 63.6 Å². The van der Waals surface area contributed by atoms with Gasteiger partial charge in [0.15, 0.2) is 9.84 Å². The van der Waals surface area contributed by atoms with Gasteiger partial charge in [-0.15, -0.1) is 0 Å². The van der Waals surface area contributed by atoms with Gasteiger partial charge in [-0.05, 0) is 101 Å². The number of fused-ring (bicyclic) bond motifs is 3. The van der Waals surface area contributed by atoms with Gasteiger partial charge < -0.3 is 9.47 Å². The third kappa shape index (κ3) is 4.92. The number of benzene rings is 1. The monoisotopic (exact) mass is 522 g/mol. The number of imidazole rings is 1. The van der Waals surface area contributed by atoms with Crippen LogP contribution >= 0.6 is 0 Å². The maximum absolute atomic E-state index is 11.8. The van der Waals surface area contributed by atoms with Crippen molar-refractivity contribution in [2.75, 3.05) is 25.9 Å². The molecule has 200 valence electrons. The third-order valence-electron chi connectivity index (χ3n) is 10.4. The lowest BCUT2D eigenvalue weighted by molar-refractivity contribution is 0.0289. The van der Waals surface area contributed by atoms with Crippen molar-refractivity contribution in [2.24, 2.45) is 17.8 Å². The second-order valence-corrected chi connectivity index (χ2v) is 14.8. The molecule has 0 N–H and O–H groups in total. The van der Waals surface area contributed by atoms with Crippen molar-refractivity contribution < 1.29 is 8.42 Å². The molecular weight excluding hydrogens is 480 g/mol. The number of piperidine rings is 2. The van der Waals surface area contributed by atoms with Crippen LogP contribution < -0.4 is 0 Å². The summed E-state index contributed by atoms with van der Waals surface area (Å²) in [5.41, 5.74) is 1.96. The van der Waals surface area contributed by atoms with Crippen LogP contribution in [0.3, 0.4) is 0 Å². The van der Waals surface area contributed by atoms with Gasteiger partial charge in [0.05, 0.1) is 10.6 Å².